The molecule has 0 saturated heterocycles. The predicted octanol–water partition coefficient (Wildman–Crippen LogP) is 1.88. The van der Waals surface area contributed by atoms with Crippen molar-refractivity contribution < 1.29 is 13.2 Å². The third kappa shape index (κ3) is 4.18. The Hall–Kier alpha value is -1.11. The van der Waals surface area contributed by atoms with Crippen molar-refractivity contribution in [2.75, 3.05) is 13.7 Å². The molecule has 1 aliphatic rings. The number of ether oxygens (including phenoxy) is 1. The molecule has 0 amide bonds. The molecule has 1 aromatic carbocycles. The Morgan fingerprint density at radius 1 is 1.38 bits per heavy atom. The number of benzene rings is 1. The molecule has 1 atom stereocenters. The predicted molar refractivity (Wildman–Crippen MR) is 82.9 cm³/mol. The standard InChI is InChI=1S/C15H24N2O3S/c1-4-16-10-12-5-8-15(14(9-12)20-3)21(18,19)17-11(2)13-6-7-13/h5,8-9,11,13,16-17H,4,6-7,10H2,1-3H3. The highest BCUT2D eigenvalue weighted by atomic mass is 32.2. The molecule has 0 spiro atoms. The number of hydrogen-bond acceptors (Lipinski definition) is 4. The van der Waals surface area contributed by atoms with Gasteiger partial charge in [-0.05, 0) is 49.9 Å². The highest BCUT2D eigenvalue weighted by Crippen LogP contribution is 2.33. The maximum absolute atomic E-state index is 12.5. The van der Waals surface area contributed by atoms with E-state index in [0.29, 0.717) is 18.2 Å². The van der Waals surface area contributed by atoms with E-state index in [0.717, 1.165) is 24.9 Å². The molecule has 21 heavy (non-hydrogen) atoms. The number of hydrogen-bond donors (Lipinski definition) is 2. The van der Waals surface area contributed by atoms with Gasteiger partial charge in [0.1, 0.15) is 10.6 Å². The Morgan fingerprint density at radius 3 is 2.67 bits per heavy atom. The summed E-state index contributed by atoms with van der Waals surface area (Å²) in [5.41, 5.74) is 1.00. The molecule has 0 radical (unpaired) electrons. The Morgan fingerprint density at radius 2 is 2.10 bits per heavy atom. The second kappa shape index (κ2) is 6.77. The minimum atomic E-state index is -3.54. The highest BCUT2D eigenvalue weighted by molar-refractivity contribution is 7.89. The van der Waals surface area contributed by atoms with E-state index in [1.165, 1.54) is 7.11 Å². The van der Waals surface area contributed by atoms with Gasteiger partial charge in [0.15, 0.2) is 0 Å². The van der Waals surface area contributed by atoms with E-state index in [2.05, 4.69) is 10.0 Å². The van der Waals surface area contributed by atoms with Crippen molar-refractivity contribution in [3.8, 4) is 5.75 Å². The molecule has 118 valence electrons. The SMILES string of the molecule is CCNCc1ccc(S(=O)(=O)NC(C)C2CC2)c(OC)c1. The van der Waals surface area contributed by atoms with Crippen LogP contribution in [0.25, 0.3) is 0 Å². The Bertz CT molecular complexity index is 583. The molecule has 0 aliphatic heterocycles. The highest BCUT2D eigenvalue weighted by Gasteiger charge is 2.32. The van der Waals surface area contributed by atoms with Crippen LogP contribution in [0.15, 0.2) is 23.1 Å². The van der Waals surface area contributed by atoms with Gasteiger partial charge in [0, 0.05) is 12.6 Å². The van der Waals surface area contributed by atoms with Gasteiger partial charge >= 0.3 is 0 Å². The molecule has 0 heterocycles. The van der Waals surface area contributed by atoms with Gasteiger partial charge < -0.3 is 10.1 Å². The molecule has 6 heteroatoms. The molecular formula is C15H24N2O3S. The van der Waals surface area contributed by atoms with Crippen LogP contribution in [0.4, 0.5) is 0 Å². The van der Waals surface area contributed by atoms with Gasteiger partial charge in [-0.15, -0.1) is 0 Å². The van der Waals surface area contributed by atoms with Crippen LogP contribution in [-0.2, 0) is 16.6 Å². The van der Waals surface area contributed by atoms with Crippen molar-refractivity contribution in [2.45, 2.75) is 44.2 Å². The lowest BCUT2D eigenvalue weighted by Gasteiger charge is -2.16. The van der Waals surface area contributed by atoms with Crippen molar-refractivity contribution in [3.63, 3.8) is 0 Å². The molecule has 1 aliphatic carbocycles. The molecule has 1 saturated carbocycles. The molecule has 1 aromatic rings. The summed E-state index contributed by atoms with van der Waals surface area (Å²) >= 11 is 0. The zero-order chi connectivity index (χ0) is 15.5. The Labute approximate surface area is 127 Å². The number of sulfonamides is 1. The van der Waals surface area contributed by atoms with Crippen LogP contribution in [0.3, 0.4) is 0 Å². The summed E-state index contributed by atoms with van der Waals surface area (Å²) in [5, 5.41) is 3.21. The Balaban J connectivity index is 2.20. The van der Waals surface area contributed by atoms with E-state index < -0.39 is 10.0 Å². The molecule has 2 N–H and O–H groups in total. The molecule has 2 rings (SSSR count). The fraction of sp³-hybridized carbons (Fsp3) is 0.600. The van der Waals surface area contributed by atoms with Crippen LogP contribution in [0.5, 0.6) is 5.75 Å². The Kier molecular flexibility index (Phi) is 5.24. The van der Waals surface area contributed by atoms with Gasteiger partial charge in [0.05, 0.1) is 7.11 Å². The number of nitrogens with one attached hydrogen (secondary N) is 2. The van der Waals surface area contributed by atoms with Gasteiger partial charge in [-0.3, -0.25) is 0 Å². The molecule has 0 bridgehead atoms. The largest absolute Gasteiger partial charge is 0.495 e. The first-order chi connectivity index (χ1) is 9.97. The molecule has 0 aromatic heterocycles. The lowest BCUT2D eigenvalue weighted by molar-refractivity contribution is 0.401. The first kappa shape index (κ1) is 16.3. The molecule has 5 nitrogen and oxygen atoms in total. The fourth-order valence-electron chi connectivity index (χ4n) is 2.31. The van der Waals surface area contributed by atoms with E-state index in [1.54, 1.807) is 12.1 Å². The van der Waals surface area contributed by atoms with Gasteiger partial charge in [0.25, 0.3) is 0 Å². The van der Waals surface area contributed by atoms with Crippen molar-refractivity contribution in [3.05, 3.63) is 23.8 Å². The lowest BCUT2D eigenvalue weighted by Crippen LogP contribution is -2.34. The van der Waals surface area contributed by atoms with Gasteiger partial charge in [-0.2, -0.15) is 0 Å². The van der Waals surface area contributed by atoms with E-state index >= 15 is 0 Å². The maximum Gasteiger partial charge on any atom is 0.244 e. The van der Waals surface area contributed by atoms with Crippen LogP contribution in [0, 0.1) is 5.92 Å². The summed E-state index contributed by atoms with van der Waals surface area (Å²) in [6, 6.07) is 5.19. The van der Waals surface area contributed by atoms with Crippen LogP contribution in [-0.4, -0.2) is 28.1 Å². The molecule has 1 unspecified atom stereocenters. The van der Waals surface area contributed by atoms with Gasteiger partial charge in [0.2, 0.25) is 10.0 Å². The zero-order valence-electron chi connectivity index (χ0n) is 12.8. The van der Waals surface area contributed by atoms with E-state index in [4.69, 9.17) is 4.74 Å². The number of methoxy groups -OCH3 is 1. The zero-order valence-corrected chi connectivity index (χ0v) is 13.7. The normalized spacial score (nSPS) is 16.7. The monoisotopic (exact) mass is 312 g/mol. The topological polar surface area (TPSA) is 67.4 Å². The smallest absolute Gasteiger partial charge is 0.244 e. The molecular weight excluding hydrogens is 288 g/mol. The minimum Gasteiger partial charge on any atom is -0.495 e. The maximum atomic E-state index is 12.5. The average Bonchev–Trinajstić information content (AvgIpc) is 3.28. The van der Waals surface area contributed by atoms with Gasteiger partial charge in [-0.1, -0.05) is 13.0 Å². The van der Waals surface area contributed by atoms with Crippen LogP contribution in [0.2, 0.25) is 0 Å². The summed E-state index contributed by atoms with van der Waals surface area (Å²) in [6.07, 6.45) is 2.20. The second-order valence-electron chi connectivity index (χ2n) is 5.51. The molecule has 1 fully saturated rings. The quantitative estimate of drug-likeness (QED) is 0.769. The van der Waals surface area contributed by atoms with Crippen molar-refractivity contribution >= 4 is 10.0 Å². The van der Waals surface area contributed by atoms with Crippen molar-refractivity contribution in [1.82, 2.24) is 10.0 Å². The summed E-state index contributed by atoms with van der Waals surface area (Å²) in [5.74, 6) is 0.861. The first-order valence-corrected chi connectivity index (χ1v) is 8.86. The average molecular weight is 312 g/mol. The van der Waals surface area contributed by atoms with Crippen LogP contribution in [0.1, 0.15) is 32.3 Å². The van der Waals surface area contributed by atoms with Crippen molar-refractivity contribution in [2.24, 2.45) is 5.92 Å². The van der Waals surface area contributed by atoms with Crippen LogP contribution >= 0.6 is 0 Å². The van der Waals surface area contributed by atoms with E-state index in [9.17, 15) is 8.42 Å². The lowest BCUT2D eigenvalue weighted by atomic mass is 10.2. The second-order valence-corrected chi connectivity index (χ2v) is 7.20. The third-order valence-electron chi connectivity index (χ3n) is 3.77. The van der Waals surface area contributed by atoms with Crippen molar-refractivity contribution in [1.29, 1.82) is 0 Å². The van der Waals surface area contributed by atoms with Crippen LogP contribution < -0.4 is 14.8 Å². The summed E-state index contributed by atoms with van der Waals surface area (Å²) < 4.78 is 33.0. The summed E-state index contributed by atoms with van der Waals surface area (Å²) in [4.78, 5) is 0.206. The number of rotatable bonds is 8. The third-order valence-corrected chi connectivity index (χ3v) is 5.37. The minimum absolute atomic E-state index is 0.0267. The fourth-order valence-corrected chi connectivity index (χ4v) is 3.78. The van der Waals surface area contributed by atoms with E-state index in [-0.39, 0.29) is 10.9 Å². The summed E-state index contributed by atoms with van der Waals surface area (Å²) in [7, 11) is -2.04. The van der Waals surface area contributed by atoms with Gasteiger partial charge in [-0.25, -0.2) is 13.1 Å². The van der Waals surface area contributed by atoms with E-state index in [1.807, 2.05) is 19.9 Å². The summed E-state index contributed by atoms with van der Waals surface area (Å²) in [6.45, 7) is 5.50. The first-order valence-electron chi connectivity index (χ1n) is 7.38.